The van der Waals surface area contributed by atoms with Gasteiger partial charge in [0.2, 0.25) is 11.9 Å². The van der Waals surface area contributed by atoms with Crippen LogP contribution in [0.5, 0.6) is 0 Å². The van der Waals surface area contributed by atoms with Crippen LogP contribution in [0.2, 0.25) is 0 Å². The highest BCUT2D eigenvalue weighted by atomic mass is 32.1. The summed E-state index contributed by atoms with van der Waals surface area (Å²) < 4.78 is 0. The second-order valence-corrected chi connectivity index (χ2v) is 6.63. The van der Waals surface area contributed by atoms with Gasteiger partial charge in [-0.1, -0.05) is 0 Å². The molecule has 0 bridgehead atoms. The number of nitrogens with zero attached hydrogens (tertiary/aromatic N) is 3. The lowest BCUT2D eigenvalue weighted by atomic mass is 10.1. The Morgan fingerprint density at radius 1 is 1.46 bits per heavy atom. The fourth-order valence-electron chi connectivity index (χ4n) is 2.70. The molecule has 0 aliphatic carbocycles. The molecule has 1 amide bonds. The Kier molecular flexibility index (Phi) is 5.55. The quantitative estimate of drug-likeness (QED) is 0.809. The fourth-order valence-corrected chi connectivity index (χ4v) is 3.50. The maximum atomic E-state index is 12.1. The van der Waals surface area contributed by atoms with Crippen molar-refractivity contribution in [1.82, 2.24) is 15.3 Å². The normalized spacial score (nSPS) is 18.0. The Labute approximate surface area is 144 Å². The highest BCUT2D eigenvalue weighted by Gasteiger charge is 2.22. The predicted octanol–water partition coefficient (Wildman–Crippen LogP) is 1.83. The van der Waals surface area contributed by atoms with Gasteiger partial charge in [0.05, 0.1) is 6.61 Å². The highest BCUT2D eigenvalue weighted by Crippen LogP contribution is 2.17. The molecule has 1 aliphatic rings. The summed E-state index contributed by atoms with van der Waals surface area (Å²) in [4.78, 5) is 23.7. The SMILES string of the molecule is O=C(/C=C/c1cc(CO)cs1)NC1CCCN(c2ncccn2)C1. The van der Waals surface area contributed by atoms with Crippen LogP contribution in [0.15, 0.2) is 36.0 Å². The molecule has 2 N–H and O–H groups in total. The number of hydrogen-bond donors (Lipinski definition) is 2. The van der Waals surface area contributed by atoms with E-state index in [4.69, 9.17) is 5.11 Å². The Hall–Kier alpha value is -2.25. The molecule has 1 unspecified atom stereocenters. The molecule has 3 rings (SSSR count). The van der Waals surface area contributed by atoms with E-state index in [0.29, 0.717) is 5.95 Å². The van der Waals surface area contributed by atoms with Crippen molar-refractivity contribution >= 4 is 29.3 Å². The third-order valence-corrected chi connectivity index (χ3v) is 4.81. The molecule has 0 aromatic carbocycles. The van der Waals surface area contributed by atoms with Gasteiger partial charge < -0.3 is 15.3 Å². The molecule has 24 heavy (non-hydrogen) atoms. The molecule has 1 fully saturated rings. The number of piperidine rings is 1. The van der Waals surface area contributed by atoms with Gasteiger partial charge in [-0.05, 0) is 42.0 Å². The molecule has 126 valence electrons. The van der Waals surface area contributed by atoms with Crippen molar-refractivity contribution in [3.8, 4) is 0 Å². The molecule has 3 heterocycles. The number of carbonyl (C=O) groups excluding carboxylic acids is 1. The zero-order chi connectivity index (χ0) is 16.8. The lowest BCUT2D eigenvalue weighted by Crippen LogP contribution is -2.47. The summed E-state index contributed by atoms with van der Waals surface area (Å²) in [6.07, 6.45) is 8.74. The summed E-state index contributed by atoms with van der Waals surface area (Å²) in [6, 6.07) is 3.77. The van der Waals surface area contributed by atoms with E-state index in [1.807, 2.05) is 11.4 Å². The van der Waals surface area contributed by atoms with Crippen LogP contribution < -0.4 is 10.2 Å². The number of thiophene rings is 1. The first kappa shape index (κ1) is 16.6. The maximum absolute atomic E-state index is 12.1. The summed E-state index contributed by atoms with van der Waals surface area (Å²) in [5.41, 5.74) is 0.867. The number of rotatable bonds is 5. The van der Waals surface area contributed by atoms with Gasteiger partial charge >= 0.3 is 0 Å². The maximum Gasteiger partial charge on any atom is 0.244 e. The van der Waals surface area contributed by atoms with Crippen molar-refractivity contribution in [2.24, 2.45) is 0 Å². The second-order valence-electron chi connectivity index (χ2n) is 5.69. The summed E-state index contributed by atoms with van der Waals surface area (Å²) in [5.74, 6) is 0.608. The molecule has 0 spiro atoms. The van der Waals surface area contributed by atoms with Gasteiger partial charge in [0.25, 0.3) is 0 Å². The van der Waals surface area contributed by atoms with Crippen LogP contribution in [0.3, 0.4) is 0 Å². The first-order valence-electron chi connectivity index (χ1n) is 7.93. The molecule has 0 radical (unpaired) electrons. The van der Waals surface area contributed by atoms with E-state index in [2.05, 4.69) is 20.2 Å². The van der Waals surface area contributed by atoms with Crippen molar-refractivity contribution in [1.29, 1.82) is 0 Å². The number of hydrogen-bond acceptors (Lipinski definition) is 6. The molecule has 2 aromatic heterocycles. The van der Waals surface area contributed by atoms with Crippen LogP contribution in [0.4, 0.5) is 5.95 Å². The topological polar surface area (TPSA) is 78.4 Å². The fraction of sp³-hybridized carbons (Fsp3) is 0.353. The number of aliphatic hydroxyl groups is 1. The molecule has 7 heteroatoms. The van der Waals surface area contributed by atoms with Gasteiger partial charge in [-0.15, -0.1) is 11.3 Å². The lowest BCUT2D eigenvalue weighted by Gasteiger charge is -2.32. The average Bonchev–Trinajstić information content (AvgIpc) is 3.09. The van der Waals surface area contributed by atoms with Crippen LogP contribution >= 0.6 is 11.3 Å². The van der Waals surface area contributed by atoms with Gasteiger partial charge in [0.1, 0.15) is 0 Å². The van der Waals surface area contributed by atoms with E-state index in [1.165, 1.54) is 11.3 Å². The minimum absolute atomic E-state index is 0.0238. The molecule has 1 aliphatic heterocycles. The first-order chi connectivity index (χ1) is 11.7. The molecular weight excluding hydrogens is 324 g/mol. The van der Waals surface area contributed by atoms with Crippen molar-refractivity contribution in [2.45, 2.75) is 25.5 Å². The van der Waals surface area contributed by atoms with Gasteiger partial charge in [-0.2, -0.15) is 0 Å². The molecule has 1 atom stereocenters. The van der Waals surface area contributed by atoms with Gasteiger partial charge in [-0.25, -0.2) is 9.97 Å². The van der Waals surface area contributed by atoms with Crippen molar-refractivity contribution in [3.05, 3.63) is 46.4 Å². The van der Waals surface area contributed by atoms with Gasteiger partial charge in [0, 0.05) is 42.5 Å². The zero-order valence-electron chi connectivity index (χ0n) is 13.3. The number of nitrogens with one attached hydrogen (secondary N) is 1. The van der Waals surface area contributed by atoms with Crippen LogP contribution in [-0.4, -0.2) is 40.1 Å². The van der Waals surface area contributed by atoms with E-state index < -0.39 is 0 Å². The molecule has 1 saturated heterocycles. The van der Waals surface area contributed by atoms with Crippen molar-refractivity contribution < 1.29 is 9.90 Å². The summed E-state index contributed by atoms with van der Waals surface area (Å²) in [7, 11) is 0. The third kappa shape index (κ3) is 4.39. The smallest absolute Gasteiger partial charge is 0.244 e. The third-order valence-electron chi connectivity index (χ3n) is 3.86. The zero-order valence-corrected chi connectivity index (χ0v) is 14.1. The lowest BCUT2D eigenvalue weighted by molar-refractivity contribution is -0.117. The van der Waals surface area contributed by atoms with Gasteiger partial charge in [-0.3, -0.25) is 4.79 Å². The summed E-state index contributed by atoms with van der Waals surface area (Å²) in [5, 5.41) is 14.0. The second kappa shape index (κ2) is 8.03. The number of aromatic nitrogens is 2. The highest BCUT2D eigenvalue weighted by molar-refractivity contribution is 7.11. The standard InChI is InChI=1S/C17H20N4O2S/c22-11-13-9-15(24-12-13)4-5-16(23)20-14-3-1-8-21(10-14)17-18-6-2-7-19-17/h2,4-7,9,12,14,22H,1,3,8,10-11H2,(H,20,23)/b5-4+. The van der Waals surface area contributed by atoms with Crippen LogP contribution in [-0.2, 0) is 11.4 Å². The Balaban J connectivity index is 1.54. The molecule has 6 nitrogen and oxygen atoms in total. The van der Waals surface area contributed by atoms with Crippen LogP contribution in [0, 0.1) is 0 Å². The molecule has 0 saturated carbocycles. The minimum atomic E-state index is -0.102. The first-order valence-corrected chi connectivity index (χ1v) is 8.81. The molecular formula is C17H20N4O2S. The van der Waals surface area contributed by atoms with Crippen LogP contribution in [0.1, 0.15) is 23.3 Å². The van der Waals surface area contributed by atoms with Crippen molar-refractivity contribution in [3.63, 3.8) is 0 Å². The predicted molar refractivity (Wildman–Crippen MR) is 94.7 cm³/mol. The number of anilines is 1. The van der Waals surface area contributed by atoms with Crippen molar-refractivity contribution in [2.75, 3.05) is 18.0 Å². The Morgan fingerprint density at radius 3 is 3.04 bits per heavy atom. The summed E-state index contributed by atoms with van der Waals surface area (Å²) >= 11 is 1.51. The minimum Gasteiger partial charge on any atom is -0.392 e. The summed E-state index contributed by atoms with van der Waals surface area (Å²) in [6.45, 7) is 1.65. The molecule has 2 aromatic rings. The largest absolute Gasteiger partial charge is 0.392 e. The van der Waals surface area contributed by atoms with Gasteiger partial charge in [0.15, 0.2) is 0 Å². The van der Waals surface area contributed by atoms with E-state index in [0.717, 1.165) is 36.4 Å². The van der Waals surface area contributed by atoms with E-state index in [9.17, 15) is 4.79 Å². The van der Waals surface area contributed by atoms with E-state index in [1.54, 1.807) is 30.6 Å². The van der Waals surface area contributed by atoms with Crippen LogP contribution in [0.25, 0.3) is 6.08 Å². The Bertz CT molecular complexity index is 702. The number of carbonyl (C=O) groups is 1. The number of amides is 1. The average molecular weight is 344 g/mol. The Morgan fingerprint density at radius 2 is 2.29 bits per heavy atom. The monoisotopic (exact) mass is 344 g/mol. The van der Waals surface area contributed by atoms with E-state index in [-0.39, 0.29) is 18.6 Å². The van der Waals surface area contributed by atoms with E-state index >= 15 is 0 Å². The number of aliphatic hydroxyl groups excluding tert-OH is 1.